The van der Waals surface area contributed by atoms with Crippen LogP contribution in [0, 0.1) is 12.8 Å². The minimum Gasteiger partial charge on any atom is -0.494 e. The Kier molecular flexibility index (Phi) is 6.53. The Balaban J connectivity index is 1.20. The van der Waals surface area contributed by atoms with Crippen molar-refractivity contribution < 1.29 is 14.6 Å². The smallest absolute Gasteiger partial charge is 0.309 e. The molecular weight excluding hydrogens is 374 g/mol. The number of fused-ring (bicyclic) bond motifs is 1. The van der Waals surface area contributed by atoms with Gasteiger partial charge in [0, 0.05) is 18.6 Å². The Hall–Kier alpha value is -2.59. The molecule has 5 rings (SSSR count). The molecule has 1 saturated carbocycles. The van der Waals surface area contributed by atoms with Crippen molar-refractivity contribution in [3.05, 3.63) is 71.3 Å². The normalized spacial score (nSPS) is 22.9. The number of hydrogen-bond donors (Lipinski definition) is 1. The molecule has 0 aromatic heterocycles. The quantitative estimate of drug-likeness (QED) is 0.568. The van der Waals surface area contributed by atoms with Crippen LogP contribution in [0.15, 0.2) is 54.6 Å². The Morgan fingerprint density at radius 3 is 2.60 bits per heavy atom. The minimum atomic E-state index is -0.630. The molecular formula is C26H31NO3. The van der Waals surface area contributed by atoms with E-state index in [1.807, 2.05) is 6.07 Å². The van der Waals surface area contributed by atoms with E-state index in [4.69, 9.17) is 4.74 Å². The van der Waals surface area contributed by atoms with Crippen LogP contribution in [-0.4, -0.2) is 41.2 Å². The molecule has 1 N–H and O–H groups in total. The number of ether oxygens (including phenoxy) is 1. The average Bonchev–Trinajstić information content (AvgIpc) is 3.36. The summed E-state index contributed by atoms with van der Waals surface area (Å²) < 4.78 is 5.93. The molecule has 2 unspecified atom stereocenters. The molecule has 2 aliphatic heterocycles. The van der Waals surface area contributed by atoms with Gasteiger partial charge in [-0.3, -0.25) is 9.69 Å². The van der Waals surface area contributed by atoms with Crippen molar-refractivity contribution in [2.75, 3.05) is 13.2 Å². The van der Waals surface area contributed by atoms with E-state index >= 15 is 0 Å². The zero-order valence-electron chi connectivity index (χ0n) is 17.7. The van der Waals surface area contributed by atoms with Crippen LogP contribution in [0.2, 0.25) is 0 Å². The second-order valence-corrected chi connectivity index (χ2v) is 8.48. The third-order valence-corrected chi connectivity index (χ3v) is 6.55. The van der Waals surface area contributed by atoms with Gasteiger partial charge >= 0.3 is 5.97 Å². The number of nitrogens with zero attached hydrogens (tertiary/aromatic N) is 1. The fourth-order valence-electron chi connectivity index (χ4n) is 4.94. The molecule has 1 aliphatic carbocycles. The summed E-state index contributed by atoms with van der Waals surface area (Å²) in [6.07, 6.45) is 9.62. The first-order valence-electron chi connectivity index (χ1n) is 11.1. The lowest BCUT2D eigenvalue weighted by molar-refractivity contribution is -0.153. The molecule has 2 bridgehead atoms. The van der Waals surface area contributed by atoms with Crippen molar-refractivity contribution in [1.29, 1.82) is 0 Å². The van der Waals surface area contributed by atoms with E-state index < -0.39 is 5.97 Å². The Morgan fingerprint density at radius 1 is 1.13 bits per heavy atom. The maximum atomic E-state index is 11.3. The van der Waals surface area contributed by atoms with E-state index in [1.165, 1.54) is 16.7 Å². The standard InChI is InChI=1S/C26H31NO3/c1-19-18-22(30-17-6-5-10-20-8-3-2-4-9-20)13-12-21(19)11-7-16-27-23-14-15-24(27)25(23)26(28)29/h2-4,7-9,11-13,18,23-25H,5-6,10,14-17H2,1H3,(H,28,29). The third-order valence-electron chi connectivity index (χ3n) is 6.55. The van der Waals surface area contributed by atoms with Gasteiger partial charge in [0.25, 0.3) is 0 Å². The van der Waals surface area contributed by atoms with Crippen molar-refractivity contribution in [1.82, 2.24) is 4.90 Å². The molecule has 4 heteroatoms. The van der Waals surface area contributed by atoms with E-state index in [-0.39, 0.29) is 18.0 Å². The van der Waals surface area contributed by atoms with E-state index in [2.05, 4.69) is 66.4 Å². The number of carboxylic acids is 1. The van der Waals surface area contributed by atoms with Crippen LogP contribution >= 0.6 is 0 Å². The van der Waals surface area contributed by atoms with Crippen LogP contribution in [-0.2, 0) is 11.2 Å². The number of aryl methyl sites for hydroxylation is 2. The first-order chi connectivity index (χ1) is 14.6. The fourth-order valence-corrected chi connectivity index (χ4v) is 4.94. The molecule has 3 fully saturated rings. The van der Waals surface area contributed by atoms with Crippen LogP contribution in [0.5, 0.6) is 5.75 Å². The first kappa shape index (κ1) is 20.7. The molecule has 2 saturated heterocycles. The lowest BCUT2D eigenvalue weighted by Gasteiger charge is -2.45. The van der Waals surface area contributed by atoms with Crippen LogP contribution in [0.4, 0.5) is 0 Å². The molecule has 2 aromatic carbocycles. The minimum absolute atomic E-state index is 0.149. The highest BCUT2D eigenvalue weighted by Gasteiger charge is 2.56. The number of carboxylic acid groups (broad SMARTS) is 1. The van der Waals surface area contributed by atoms with Gasteiger partial charge in [0.2, 0.25) is 0 Å². The molecule has 2 aromatic rings. The predicted octanol–water partition coefficient (Wildman–Crippen LogP) is 4.96. The number of unbranched alkanes of at least 4 members (excludes halogenated alkanes) is 1. The van der Waals surface area contributed by atoms with Crippen molar-refractivity contribution in [3.8, 4) is 5.75 Å². The lowest BCUT2D eigenvalue weighted by Crippen LogP contribution is -2.60. The number of aliphatic carboxylic acids is 1. The van der Waals surface area contributed by atoms with Gasteiger partial charge in [-0.2, -0.15) is 0 Å². The van der Waals surface area contributed by atoms with Crippen molar-refractivity contribution in [2.24, 2.45) is 5.92 Å². The number of rotatable bonds is 10. The summed E-state index contributed by atoms with van der Waals surface area (Å²) in [5.74, 6) is 0.146. The largest absolute Gasteiger partial charge is 0.494 e. The summed E-state index contributed by atoms with van der Waals surface area (Å²) >= 11 is 0. The zero-order chi connectivity index (χ0) is 20.9. The highest BCUT2D eigenvalue weighted by Crippen LogP contribution is 2.45. The third kappa shape index (κ3) is 4.59. The number of carbonyl (C=O) groups is 1. The number of benzene rings is 2. The van der Waals surface area contributed by atoms with Crippen LogP contribution in [0.3, 0.4) is 0 Å². The maximum Gasteiger partial charge on any atom is 0.309 e. The summed E-state index contributed by atoms with van der Waals surface area (Å²) in [4.78, 5) is 13.6. The van der Waals surface area contributed by atoms with Crippen LogP contribution < -0.4 is 4.74 Å². The summed E-state index contributed by atoms with van der Waals surface area (Å²) in [5.41, 5.74) is 3.77. The van der Waals surface area contributed by atoms with Crippen LogP contribution in [0.25, 0.3) is 6.08 Å². The Bertz CT molecular complexity index is 880. The highest BCUT2D eigenvalue weighted by molar-refractivity contribution is 5.74. The topological polar surface area (TPSA) is 49.8 Å². The summed E-state index contributed by atoms with van der Waals surface area (Å²) in [6.45, 7) is 3.68. The van der Waals surface area contributed by atoms with Crippen molar-refractivity contribution in [2.45, 2.75) is 51.1 Å². The molecule has 158 valence electrons. The van der Waals surface area contributed by atoms with Crippen molar-refractivity contribution >= 4 is 12.0 Å². The fraction of sp³-hybridized carbons (Fsp3) is 0.423. The monoisotopic (exact) mass is 405 g/mol. The first-order valence-corrected chi connectivity index (χ1v) is 11.1. The molecule has 0 radical (unpaired) electrons. The van der Waals surface area contributed by atoms with Gasteiger partial charge in [-0.15, -0.1) is 0 Å². The Labute approximate surface area is 179 Å². The Morgan fingerprint density at radius 2 is 1.90 bits per heavy atom. The van der Waals surface area contributed by atoms with E-state index in [0.717, 1.165) is 51.0 Å². The maximum absolute atomic E-state index is 11.3. The number of hydrogen-bond acceptors (Lipinski definition) is 3. The summed E-state index contributed by atoms with van der Waals surface area (Å²) in [7, 11) is 0. The van der Waals surface area contributed by atoms with E-state index in [0.29, 0.717) is 0 Å². The SMILES string of the molecule is Cc1cc(OCCCCc2ccccc2)ccc1C=CCN1C2CCC1C2C(=O)O. The highest BCUT2D eigenvalue weighted by atomic mass is 16.5. The van der Waals surface area contributed by atoms with Gasteiger partial charge < -0.3 is 9.84 Å². The van der Waals surface area contributed by atoms with Gasteiger partial charge in [0.1, 0.15) is 5.75 Å². The molecule has 2 atom stereocenters. The van der Waals surface area contributed by atoms with Gasteiger partial charge in [0.05, 0.1) is 12.5 Å². The molecule has 0 amide bonds. The molecule has 4 nitrogen and oxygen atoms in total. The summed E-state index contributed by atoms with van der Waals surface area (Å²) in [6, 6.07) is 17.3. The van der Waals surface area contributed by atoms with Gasteiger partial charge in [-0.25, -0.2) is 0 Å². The lowest BCUT2D eigenvalue weighted by atomic mass is 9.88. The van der Waals surface area contributed by atoms with E-state index in [9.17, 15) is 9.90 Å². The molecule has 3 aliphatic rings. The average molecular weight is 406 g/mol. The van der Waals surface area contributed by atoms with Crippen LogP contribution in [0.1, 0.15) is 42.4 Å². The van der Waals surface area contributed by atoms with Gasteiger partial charge in [0.15, 0.2) is 0 Å². The second kappa shape index (κ2) is 9.48. The molecule has 30 heavy (non-hydrogen) atoms. The second-order valence-electron chi connectivity index (χ2n) is 8.48. The van der Waals surface area contributed by atoms with Gasteiger partial charge in [-0.1, -0.05) is 48.6 Å². The molecule has 2 heterocycles. The molecule has 0 spiro atoms. The summed E-state index contributed by atoms with van der Waals surface area (Å²) in [5, 5.41) is 9.28. The zero-order valence-corrected chi connectivity index (χ0v) is 17.7. The predicted molar refractivity (Wildman–Crippen MR) is 120 cm³/mol. The van der Waals surface area contributed by atoms with E-state index in [1.54, 1.807) is 0 Å². The van der Waals surface area contributed by atoms with Crippen molar-refractivity contribution in [3.63, 3.8) is 0 Å². The van der Waals surface area contributed by atoms with Gasteiger partial charge in [-0.05, 0) is 67.9 Å².